The SMILES string of the molecule is O=C(NCCCc1cnoc1)c1cc(-c2ccccc2)n[nH]1. The third kappa shape index (κ3) is 3.41. The summed E-state index contributed by atoms with van der Waals surface area (Å²) < 4.78 is 4.76. The molecule has 0 unspecified atom stereocenters. The van der Waals surface area contributed by atoms with E-state index in [9.17, 15) is 4.79 Å². The first-order valence-electron chi connectivity index (χ1n) is 7.10. The number of hydrogen-bond donors (Lipinski definition) is 2. The van der Waals surface area contributed by atoms with E-state index in [0.717, 1.165) is 29.7 Å². The van der Waals surface area contributed by atoms with Gasteiger partial charge in [0.05, 0.1) is 11.9 Å². The quantitative estimate of drug-likeness (QED) is 0.684. The minimum absolute atomic E-state index is 0.153. The Labute approximate surface area is 127 Å². The van der Waals surface area contributed by atoms with Crippen LogP contribution in [0.5, 0.6) is 0 Å². The van der Waals surface area contributed by atoms with Crippen molar-refractivity contribution in [2.75, 3.05) is 6.54 Å². The number of nitrogens with one attached hydrogen (secondary N) is 2. The number of H-pyrrole nitrogens is 1. The van der Waals surface area contributed by atoms with Crippen molar-refractivity contribution in [2.45, 2.75) is 12.8 Å². The molecule has 0 fully saturated rings. The van der Waals surface area contributed by atoms with E-state index in [4.69, 9.17) is 4.52 Å². The number of benzene rings is 1. The summed E-state index contributed by atoms with van der Waals surface area (Å²) in [7, 11) is 0. The maximum Gasteiger partial charge on any atom is 0.269 e. The fourth-order valence-corrected chi connectivity index (χ4v) is 2.13. The smallest absolute Gasteiger partial charge is 0.269 e. The monoisotopic (exact) mass is 296 g/mol. The Morgan fingerprint density at radius 3 is 2.91 bits per heavy atom. The molecular formula is C16H16N4O2. The van der Waals surface area contributed by atoms with E-state index in [1.807, 2.05) is 30.3 Å². The summed E-state index contributed by atoms with van der Waals surface area (Å²) in [6, 6.07) is 11.5. The van der Waals surface area contributed by atoms with Gasteiger partial charge in [-0.05, 0) is 18.9 Å². The van der Waals surface area contributed by atoms with E-state index in [1.54, 1.807) is 18.5 Å². The molecule has 1 aromatic carbocycles. The first-order chi connectivity index (χ1) is 10.8. The first kappa shape index (κ1) is 14.1. The van der Waals surface area contributed by atoms with Gasteiger partial charge in [0.2, 0.25) is 0 Å². The van der Waals surface area contributed by atoms with E-state index in [0.29, 0.717) is 12.2 Å². The van der Waals surface area contributed by atoms with Crippen molar-refractivity contribution in [3.05, 3.63) is 60.1 Å². The van der Waals surface area contributed by atoms with Crippen LogP contribution in [0.3, 0.4) is 0 Å². The lowest BCUT2D eigenvalue weighted by Crippen LogP contribution is -2.25. The molecule has 112 valence electrons. The van der Waals surface area contributed by atoms with Crippen molar-refractivity contribution in [3.8, 4) is 11.3 Å². The molecule has 0 aliphatic heterocycles. The van der Waals surface area contributed by atoms with Gasteiger partial charge in [-0.2, -0.15) is 5.10 Å². The van der Waals surface area contributed by atoms with Crippen LogP contribution in [-0.4, -0.2) is 27.8 Å². The molecular weight excluding hydrogens is 280 g/mol. The predicted molar refractivity (Wildman–Crippen MR) is 81.2 cm³/mol. The molecule has 0 atom stereocenters. The summed E-state index contributed by atoms with van der Waals surface area (Å²) in [5.41, 5.74) is 3.23. The normalized spacial score (nSPS) is 10.5. The van der Waals surface area contributed by atoms with Gasteiger partial charge >= 0.3 is 0 Å². The number of carbonyl (C=O) groups is 1. The van der Waals surface area contributed by atoms with Gasteiger partial charge in [-0.1, -0.05) is 35.5 Å². The Morgan fingerprint density at radius 2 is 2.14 bits per heavy atom. The summed E-state index contributed by atoms with van der Waals surface area (Å²) >= 11 is 0. The van der Waals surface area contributed by atoms with Crippen LogP contribution in [0.1, 0.15) is 22.5 Å². The maximum absolute atomic E-state index is 12.0. The number of nitrogens with zero attached hydrogens (tertiary/aromatic N) is 2. The topological polar surface area (TPSA) is 83.8 Å². The highest BCUT2D eigenvalue weighted by molar-refractivity contribution is 5.93. The van der Waals surface area contributed by atoms with Crippen molar-refractivity contribution in [1.82, 2.24) is 20.7 Å². The van der Waals surface area contributed by atoms with Gasteiger partial charge < -0.3 is 9.84 Å². The van der Waals surface area contributed by atoms with Crippen molar-refractivity contribution in [1.29, 1.82) is 0 Å². The molecule has 2 aromatic heterocycles. The zero-order chi connectivity index (χ0) is 15.2. The van der Waals surface area contributed by atoms with Gasteiger partial charge in [0.25, 0.3) is 5.91 Å². The van der Waals surface area contributed by atoms with Gasteiger partial charge in [0.15, 0.2) is 0 Å². The lowest BCUT2D eigenvalue weighted by molar-refractivity contribution is 0.0948. The molecule has 22 heavy (non-hydrogen) atoms. The number of aromatic nitrogens is 3. The Balaban J connectivity index is 1.51. The van der Waals surface area contributed by atoms with Crippen LogP contribution >= 0.6 is 0 Å². The van der Waals surface area contributed by atoms with E-state index in [-0.39, 0.29) is 5.91 Å². The van der Waals surface area contributed by atoms with E-state index in [2.05, 4.69) is 20.7 Å². The lowest BCUT2D eigenvalue weighted by Gasteiger charge is -2.01. The molecule has 6 nitrogen and oxygen atoms in total. The summed E-state index contributed by atoms with van der Waals surface area (Å²) in [6.45, 7) is 0.587. The lowest BCUT2D eigenvalue weighted by atomic mass is 10.1. The van der Waals surface area contributed by atoms with Gasteiger partial charge in [-0.15, -0.1) is 0 Å². The average molecular weight is 296 g/mol. The molecule has 0 radical (unpaired) electrons. The van der Waals surface area contributed by atoms with E-state index < -0.39 is 0 Å². The van der Waals surface area contributed by atoms with Crippen LogP contribution in [0.4, 0.5) is 0 Å². The molecule has 3 aromatic rings. The van der Waals surface area contributed by atoms with Crippen LogP contribution in [0.2, 0.25) is 0 Å². The molecule has 0 saturated carbocycles. The zero-order valence-electron chi connectivity index (χ0n) is 12.0. The highest BCUT2D eigenvalue weighted by Gasteiger charge is 2.10. The van der Waals surface area contributed by atoms with Crippen LogP contribution in [-0.2, 0) is 6.42 Å². The number of aromatic amines is 1. The maximum atomic E-state index is 12.0. The largest absolute Gasteiger partial charge is 0.364 e. The highest BCUT2D eigenvalue weighted by Crippen LogP contribution is 2.16. The third-order valence-corrected chi connectivity index (χ3v) is 3.30. The Kier molecular flexibility index (Phi) is 4.29. The second kappa shape index (κ2) is 6.71. The van der Waals surface area contributed by atoms with E-state index >= 15 is 0 Å². The zero-order valence-corrected chi connectivity index (χ0v) is 12.0. The number of amides is 1. The fraction of sp³-hybridized carbons (Fsp3) is 0.188. The van der Waals surface area contributed by atoms with Gasteiger partial charge in [0.1, 0.15) is 12.0 Å². The highest BCUT2D eigenvalue weighted by atomic mass is 16.5. The minimum atomic E-state index is -0.153. The van der Waals surface area contributed by atoms with Gasteiger partial charge in [-0.25, -0.2) is 0 Å². The number of aryl methyl sites for hydroxylation is 1. The molecule has 2 N–H and O–H groups in total. The molecule has 0 aliphatic carbocycles. The Morgan fingerprint density at radius 1 is 1.27 bits per heavy atom. The average Bonchev–Trinajstić information content (AvgIpc) is 3.24. The van der Waals surface area contributed by atoms with Crippen LogP contribution in [0.25, 0.3) is 11.3 Å². The van der Waals surface area contributed by atoms with Gasteiger partial charge in [0, 0.05) is 17.7 Å². The molecule has 0 spiro atoms. The summed E-state index contributed by atoms with van der Waals surface area (Å²) in [5, 5.41) is 13.4. The first-order valence-corrected chi connectivity index (χ1v) is 7.10. The minimum Gasteiger partial charge on any atom is -0.364 e. The number of carbonyl (C=O) groups excluding carboxylic acids is 1. The molecule has 2 heterocycles. The van der Waals surface area contributed by atoms with Crippen LogP contribution < -0.4 is 5.32 Å². The Bertz CT molecular complexity index is 720. The number of rotatable bonds is 6. The molecule has 0 aliphatic rings. The van der Waals surface area contributed by atoms with Crippen molar-refractivity contribution < 1.29 is 9.32 Å². The van der Waals surface area contributed by atoms with Crippen LogP contribution in [0, 0.1) is 0 Å². The fourth-order valence-electron chi connectivity index (χ4n) is 2.13. The summed E-state index contributed by atoms with van der Waals surface area (Å²) in [4.78, 5) is 12.0. The second-order valence-electron chi connectivity index (χ2n) is 4.93. The number of hydrogen-bond acceptors (Lipinski definition) is 4. The van der Waals surface area contributed by atoms with E-state index in [1.165, 1.54) is 0 Å². The third-order valence-electron chi connectivity index (χ3n) is 3.30. The summed E-state index contributed by atoms with van der Waals surface area (Å²) in [5.74, 6) is -0.153. The molecule has 6 heteroatoms. The molecule has 0 bridgehead atoms. The summed E-state index contributed by atoms with van der Waals surface area (Å²) in [6.07, 6.45) is 4.94. The van der Waals surface area contributed by atoms with Gasteiger partial charge in [-0.3, -0.25) is 9.89 Å². The van der Waals surface area contributed by atoms with Crippen LogP contribution in [0.15, 0.2) is 53.4 Å². The molecule has 1 amide bonds. The van der Waals surface area contributed by atoms with Crippen molar-refractivity contribution in [3.63, 3.8) is 0 Å². The Hall–Kier alpha value is -2.89. The van der Waals surface area contributed by atoms with Crippen molar-refractivity contribution in [2.24, 2.45) is 0 Å². The molecule has 0 saturated heterocycles. The van der Waals surface area contributed by atoms with Crippen molar-refractivity contribution >= 4 is 5.91 Å². The standard InChI is InChI=1S/C16H16N4O2/c21-16(17-8-4-5-12-10-18-22-11-12)15-9-14(19-20-15)13-6-2-1-3-7-13/h1-3,6-7,9-11H,4-5,8H2,(H,17,21)(H,19,20). The molecule has 3 rings (SSSR count). The predicted octanol–water partition coefficient (Wildman–Crippen LogP) is 2.43. The second-order valence-corrected chi connectivity index (χ2v) is 4.93.